The van der Waals surface area contributed by atoms with Gasteiger partial charge in [0.25, 0.3) is 5.91 Å². The van der Waals surface area contributed by atoms with Crippen LogP contribution in [0.2, 0.25) is 0 Å². The van der Waals surface area contributed by atoms with Gasteiger partial charge in [-0.1, -0.05) is 24.3 Å². The first-order valence-corrected chi connectivity index (χ1v) is 8.12. The normalized spacial score (nSPS) is 10.8. The van der Waals surface area contributed by atoms with Gasteiger partial charge in [0.15, 0.2) is 0 Å². The third-order valence-electron chi connectivity index (χ3n) is 3.81. The Morgan fingerprint density at radius 1 is 1.18 bits per heavy atom. The molecule has 1 aromatic carbocycles. The summed E-state index contributed by atoms with van der Waals surface area (Å²) in [7, 11) is 1.86. The number of likely N-dealkylation sites (N-methyl/N-ethyl adjacent to an activating group) is 1. The number of carbonyl (C=O) groups is 1. The number of amides is 1. The number of nitrogens with zero attached hydrogens (tertiary/aromatic N) is 2. The minimum absolute atomic E-state index is 0.0923. The fraction of sp³-hybridized carbons (Fsp3) is 0.222. The molecular weight excluding hydrogens is 292 g/mol. The zero-order valence-corrected chi connectivity index (χ0v) is 13.6. The van der Waals surface area contributed by atoms with Crippen LogP contribution in [0.25, 0.3) is 10.1 Å². The van der Waals surface area contributed by atoms with Crippen molar-refractivity contribution in [2.24, 2.45) is 0 Å². The molecule has 2 heterocycles. The Labute approximate surface area is 134 Å². The molecule has 3 rings (SSSR count). The van der Waals surface area contributed by atoms with Gasteiger partial charge in [-0.2, -0.15) is 0 Å². The van der Waals surface area contributed by atoms with Crippen LogP contribution in [0.5, 0.6) is 0 Å². The summed E-state index contributed by atoms with van der Waals surface area (Å²) in [5.41, 5.74) is 2.09. The Morgan fingerprint density at radius 3 is 2.68 bits per heavy atom. The summed E-state index contributed by atoms with van der Waals surface area (Å²) in [5, 5.41) is 1.17. The molecule has 0 aliphatic carbocycles. The Kier molecular flexibility index (Phi) is 4.20. The molecular formula is C18H18N2OS. The molecule has 3 aromatic rings. The highest BCUT2D eigenvalue weighted by Gasteiger charge is 2.18. The third-order valence-corrected chi connectivity index (χ3v) is 5.07. The number of rotatable bonds is 4. The molecule has 0 saturated heterocycles. The summed E-state index contributed by atoms with van der Waals surface area (Å²) in [5.74, 6) is 0.0923. The first-order valence-electron chi connectivity index (χ1n) is 7.30. The molecule has 0 spiro atoms. The largest absolute Gasteiger partial charge is 0.341 e. The molecule has 0 unspecified atom stereocenters. The predicted octanol–water partition coefficient (Wildman–Crippen LogP) is 3.92. The molecule has 22 heavy (non-hydrogen) atoms. The summed E-state index contributed by atoms with van der Waals surface area (Å²) in [6.45, 7) is 2.70. The van der Waals surface area contributed by atoms with Crippen LogP contribution < -0.4 is 0 Å². The number of carbonyl (C=O) groups excluding carboxylic acids is 1. The predicted molar refractivity (Wildman–Crippen MR) is 91.5 cm³/mol. The van der Waals surface area contributed by atoms with Gasteiger partial charge >= 0.3 is 0 Å². The molecule has 0 fully saturated rings. The zero-order valence-electron chi connectivity index (χ0n) is 12.7. The van der Waals surface area contributed by atoms with Crippen molar-refractivity contribution in [2.45, 2.75) is 13.3 Å². The highest BCUT2D eigenvalue weighted by Crippen LogP contribution is 2.31. The number of fused-ring (bicyclic) bond motifs is 1. The van der Waals surface area contributed by atoms with Crippen molar-refractivity contribution >= 4 is 27.3 Å². The van der Waals surface area contributed by atoms with E-state index < -0.39 is 0 Å². The van der Waals surface area contributed by atoms with E-state index in [1.165, 1.54) is 10.1 Å². The second-order valence-electron chi connectivity index (χ2n) is 5.35. The van der Waals surface area contributed by atoms with Crippen LogP contribution in [-0.4, -0.2) is 29.4 Å². The van der Waals surface area contributed by atoms with Gasteiger partial charge in [-0.05, 0) is 36.1 Å². The van der Waals surface area contributed by atoms with Crippen LogP contribution in [-0.2, 0) is 6.42 Å². The molecule has 0 N–H and O–H groups in total. The standard InChI is InChI=1S/C18H18N2OS/c1-13-15-8-3-4-9-16(15)22-17(13)18(21)20(2)12-10-14-7-5-6-11-19-14/h3-9,11H,10,12H2,1-2H3. The highest BCUT2D eigenvalue weighted by molar-refractivity contribution is 7.21. The lowest BCUT2D eigenvalue weighted by Crippen LogP contribution is -2.28. The minimum atomic E-state index is 0.0923. The maximum absolute atomic E-state index is 12.7. The summed E-state index contributed by atoms with van der Waals surface area (Å²) in [6.07, 6.45) is 2.56. The second kappa shape index (κ2) is 6.28. The van der Waals surface area contributed by atoms with Crippen molar-refractivity contribution in [3.8, 4) is 0 Å². The SMILES string of the molecule is Cc1c(C(=O)N(C)CCc2ccccn2)sc2ccccc12. The van der Waals surface area contributed by atoms with Gasteiger partial charge < -0.3 is 4.90 Å². The Hall–Kier alpha value is -2.20. The summed E-state index contributed by atoms with van der Waals surface area (Å²) >= 11 is 1.58. The smallest absolute Gasteiger partial charge is 0.263 e. The fourth-order valence-corrected chi connectivity index (χ4v) is 3.69. The topological polar surface area (TPSA) is 33.2 Å². The molecule has 112 valence electrons. The van der Waals surface area contributed by atoms with Gasteiger partial charge in [-0.25, -0.2) is 0 Å². The van der Waals surface area contributed by atoms with E-state index in [4.69, 9.17) is 0 Å². The number of aromatic nitrogens is 1. The van der Waals surface area contributed by atoms with E-state index in [1.54, 1.807) is 22.4 Å². The molecule has 0 bridgehead atoms. The number of benzene rings is 1. The molecule has 3 nitrogen and oxygen atoms in total. The molecule has 0 aliphatic rings. The lowest BCUT2D eigenvalue weighted by atomic mass is 10.1. The van der Waals surface area contributed by atoms with E-state index >= 15 is 0 Å². The number of hydrogen-bond donors (Lipinski definition) is 0. The van der Waals surface area contributed by atoms with Crippen molar-refractivity contribution in [2.75, 3.05) is 13.6 Å². The Bertz CT molecular complexity index is 795. The quantitative estimate of drug-likeness (QED) is 0.732. The first kappa shape index (κ1) is 14.7. The Morgan fingerprint density at radius 2 is 1.95 bits per heavy atom. The van der Waals surface area contributed by atoms with Crippen molar-refractivity contribution in [3.63, 3.8) is 0 Å². The summed E-state index contributed by atoms with van der Waals surface area (Å²) in [6, 6.07) is 14.0. The van der Waals surface area contributed by atoms with Gasteiger partial charge in [-0.3, -0.25) is 9.78 Å². The van der Waals surface area contributed by atoms with Crippen molar-refractivity contribution in [1.29, 1.82) is 0 Å². The summed E-state index contributed by atoms with van der Waals surface area (Å²) < 4.78 is 1.17. The molecule has 2 aromatic heterocycles. The van der Waals surface area contributed by atoms with E-state index in [0.717, 1.165) is 22.6 Å². The average Bonchev–Trinajstić information content (AvgIpc) is 2.90. The zero-order chi connectivity index (χ0) is 15.5. The lowest BCUT2D eigenvalue weighted by Gasteiger charge is -2.16. The highest BCUT2D eigenvalue weighted by atomic mass is 32.1. The average molecular weight is 310 g/mol. The van der Waals surface area contributed by atoms with E-state index in [2.05, 4.69) is 17.1 Å². The number of aryl methyl sites for hydroxylation is 1. The molecule has 1 amide bonds. The van der Waals surface area contributed by atoms with E-state index in [9.17, 15) is 4.79 Å². The third kappa shape index (κ3) is 2.88. The van der Waals surface area contributed by atoms with Crippen molar-refractivity contribution in [3.05, 3.63) is 64.8 Å². The molecule has 0 radical (unpaired) electrons. The van der Waals surface area contributed by atoms with E-state index in [1.807, 2.05) is 44.3 Å². The molecule has 0 saturated carbocycles. The molecule has 0 atom stereocenters. The second-order valence-corrected chi connectivity index (χ2v) is 6.40. The summed E-state index contributed by atoms with van der Waals surface area (Å²) in [4.78, 5) is 19.6. The Balaban J connectivity index is 1.76. The maximum atomic E-state index is 12.7. The van der Waals surface area contributed by atoms with Gasteiger partial charge in [0.05, 0.1) is 4.88 Å². The van der Waals surface area contributed by atoms with Crippen molar-refractivity contribution in [1.82, 2.24) is 9.88 Å². The van der Waals surface area contributed by atoms with Gasteiger partial charge in [0.1, 0.15) is 0 Å². The van der Waals surface area contributed by atoms with E-state index in [0.29, 0.717) is 6.54 Å². The molecule has 0 aliphatic heterocycles. The van der Waals surface area contributed by atoms with Crippen LogP contribution in [0.4, 0.5) is 0 Å². The van der Waals surface area contributed by atoms with Crippen LogP contribution in [0.3, 0.4) is 0 Å². The van der Waals surface area contributed by atoms with Gasteiger partial charge in [0, 0.05) is 36.6 Å². The van der Waals surface area contributed by atoms with Gasteiger partial charge in [-0.15, -0.1) is 11.3 Å². The molecule has 4 heteroatoms. The van der Waals surface area contributed by atoms with Crippen LogP contribution >= 0.6 is 11.3 Å². The minimum Gasteiger partial charge on any atom is -0.341 e. The van der Waals surface area contributed by atoms with Crippen LogP contribution in [0, 0.1) is 6.92 Å². The van der Waals surface area contributed by atoms with E-state index in [-0.39, 0.29) is 5.91 Å². The van der Waals surface area contributed by atoms with Gasteiger partial charge in [0.2, 0.25) is 0 Å². The monoisotopic (exact) mass is 310 g/mol. The van der Waals surface area contributed by atoms with Crippen molar-refractivity contribution < 1.29 is 4.79 Å². The number of hydrogen-bond acceptors (Lipinski definition) is 3. The lowest BCUT2D eigenvalue weighted by molar-refractivity contribution is 0.0800. The van der Waals surface area contributed by atoms with Crippen LogP contribution in [0.1, 0.15) is 20.9 Å². The fourth-order valence-electron chi connectivity index (χ4n) is 2.48. The maximum Gasteiger partial charge on any atom is 0.263 e. The number of thiophene rings is 1. The van der Waals surface area contributed by atoms with Crippen LogP contribution in [0.15, 0.2) is 48.7 Å². The first-order chi connectivity index (χ1) is 10.7. The number of pyridine rings is 1.